The highest BCUT2D eigenvalue weighted by Gasteiger charge is 2.20. The number of benzene rings is 1. The molecule has 2 nitrogen and oxygen atoms in total. The lowest BCUT2D eigenvalue weighted by atomic mass is 9.80. The Balaban J connectivity index is 2.61. The molecule has 0 saturated carbocycles. The SMILES string of the molecule is CNC(C)CC(C)(C)Cc1ccc(O)cc1. The summed E-state index contributed by atoms with van der Waals surface area (Å²) in [5, 5.41) is 12.5. The van der Waals surface area contributed by atoms with Crippen molar-refractivity contribution in [3.63, 3.8) is 0 Å². The molecular formula is C14H23NO. The number of nitrogens with one attached hydrogen (secondary N) is 1. The second-order valence-electron chi connectivity index (χ2n) is 5.40. The van der Waals surface area contributed by atoms with E-state index < -0.39 is 0 Å². The number of phenols is 1. The normalized spacial score (nSPS) is 13.8. The summed E-state index contributed by atoms with van der Waals surface area (Å²) in [4.78, 5) is 0. The van der Waals surface area contributed by atoms with Crippen molar-refractivity contribution < 1.29 is 5.11 Å². The average molecular weight is 221 g/mol. The molecule has 16 heavy (non-hydrogen) atoms. The Labute approximate surface area is 98.7 Å². The molecule has 0 heterocycles. The fourth-order valence-corrected chi connectivity index (χ4v) is 2.17. The Morgan fingerprint density at radius 3 is 2.31 bits per heavy atom. The van der Waals surface area contributed by atoms with E-state index in [-0.39, 0.29) is 5.41 Å². The number of hydrogen-bond acceptors (Lipinski definition) is 2. The summed E-state index contributed by atoms with van der Waals surface area (Å²) < 4.78 is 0. The molecule has 0 bridgehead atoms. The van der Waals surface area contributed by atoms with Gasteiger partial charge in [-0.05, 0) is 49.9 Å². The summed E-state index contributed by atoms with van der Waals surface area (Å²) in [6, 6.07) is 8.05. The number of hydrogen-bond donors (Lipinski definition) is 2. The van der Waals surface area contributed by atoms with Crippen LogP contribution in [0, 0.1) is 5.41 Å². The van der Waals surface area contributed by atoms with Gasteiger partial charge in [-0.15, -0.1) is 0 Å². The Hall–Kier alpha value is -1.02. The van der Waals surface area contributed by atoms with E-state index in [1.54, 1.807) is 12.1 Å². The van der Waals surface area contributed by atoms with Crippen LogP contribution in [0.5, 0.6) is 5.75 Å². The van der Waals surface area contributed by atoms with E-state index >= 15 is 0 Å². The topological polar surface area (TPSA) is 32.3 Å². The lowest BCUT2D eigenvalue weighted by Gasteiger charge is -2.28. The molecule has 2 N–H and O–H groups in total. The number of phenolic OH excluding ortho intramolecular Hbond substituents is 1. The lowest BCUT2D eigenvalue weighted by molar-refractivity contribution is 0.293. The maximum Gasteiger partial charge on any atom is 0.115 e. The molecule has 0 saturated heterocycles. The smallest absolute Gasteiger partial charge is 0.115 e. The van der Waals surface area contributed by atoms with Crippen molar-refractivity contribution in [3.8, 4) is 5.75 Å². The molecule has 2 heteroatoms. The van der Waals surface area contributed by atoms with E-state index in [4.69, 9.17) is 0 Å². The van der Waals surface area contributed by atoms with Crippen LogP contribution in [-0.4, -0.2) is 18.2 Å². The number of aromatic hydroxyl groups is 1. The largest absolute Gasteiger partial charge is 0.508 e. The van der Waals surface area contributed by atoms with Crippen molar-refractivity contribution in [2.45, 2.75) is 39.7 Å². The van der Waals surface area contributed by atoms with E-state index in [2.05, 4.69) is 26.1 Å². The van der Waals surface area contributed by atoms with Gasteiger partial charge in [0.1, 0.15) is 5.75 Å². The molecule has 0 amide bonds. The van der Waals surface area contributed by atoms with Gasteiger partial charge in [-0.1, -0.05) is 26.0 Å². The quantitative estimate of drug-likeness (QED) is 0.801. The van der Waals surface area contributed by atoms with Gasteiger partial charge in [0.05, 0.1) is 0 Å². The van der Waals surface area contributed by atoms with Gasteiger partial charge in [0, 0.05) is 6.04 Å². The van der Waals surface area contributed by atoms with Crippen LogP contribution in [0.25, 0.3) is 0 Å². The lowest BCUT2D eigenvalue weighted by Crippen LogP contribution is -2.29. The fourth-order valence-electron chi connectivity index (χ4n) is 2.17. The van der Waals surface area contributed by atoms with Crippen LogP contribution in [0.1, 0.15) is 32.8 Å². The van der Waals surface area contributed by atoms with Gasteiger partial charge in [-0.3, -0.25) is 0 Å². The van der Waals surface area contributed by atoms with Gasteiger partial charge < -0.3 is 10.4 Å². The van der Waals surface area contributed by atoms with Crippen LogP contribution < -0.4 is 5.32 Å². The van der Waals surface area contributed by atoms with Gasteiger partial charge in [0.15, 0.2) is 0 Å². The molecule has 90 valence electrons. The van der Waals surface area contributed by atoms with Gasteiger partial charge in [0.2, 0.25) is 0 Å². The standard InChI is InChI=1S/C14H23NO/c1-11(15-4)9-14(2,3)10-12-5-7-13(16)8-6-12/h5-8,11,15-16H,9-10H2,1-4H3. The van der Waals surface area contributed by atoms with Crippen LogP contribution in [0.3, 0.4) is 0 Å². The third-order valence-corrected chi connectivity index (χ3v) is 2.97. The Morgan fingerprint density at radius 2 is 1.81 bits per heavy atom. The maximum absolute atomic E-state index is 9.23. The third-order valence-electron chi connectivity index (χ3n) is 2.97. The van der Waals surface area contributed by atoms with Crippen LogP contribution >= 0.6 is 0 Å². The summed E-state index contributed by atoms with van der Waals surface area (Å²) in [7, 11) is 2.00. The molecule has 0 spiro atoms. The first-order valence-corrected chi connectivity index (χ1v) is 5.88. The molecule has 1 aromatic carbocycles. The van der Waals surface area contributed by atoms with E-state index in [1.807, 2.05) is 19.2 Å². The van der Waals surface area contributed by atoms with Crippen LogP contribution in [0.2, 0.25) is 0 Å². The maximum atomic E-state index is 9.23. The van der Waals surface area contributed by atoms with Crippen molar-refractivity contribution in [2.75, 3.05) is 7.05 Å². The van der Waals surface area contributed by atoms with Crippen molar-refractivity contribution in [2.24, 2.45) is 5.41 Å². The van der Waals surface area contributed by atoms with Gasteiger partial charge >= 0.3 is 0 Å². The number of rotatable bonds is 5. The van der Waals surface area contributed by atoms with Gasteiger partial charge in [-0.2, -0.15) is 0 Å². The van der Waals surface area contributed by atoms with E-state index in [9.17, 15) is 5.11 Å². The predicted molar refractivity (Wildman–Crippen MR) is 68.7 cm³/mol. The molecule has 0 aliphatic heterocycles. The van der Waals surface area contributed by atoms with E-state index in [0.29, 0.717) is 11.8 Å². The van der Waals surface area contributed by atoms with E-state index in [0.717, 1.165) is 12.8 Å². The zero-order valence-corrected chi connectivity index (χ0v) is 10.7. The summed E-state index contributed by atoms with van der Waals surface area (Å²) in [5.41, 5.74) is 1.56. The Morgan fingerprint density at radius 1 is 1.25 bits per heavy atom. The molecule has 1 unspecified atom stereocenters. The molecule has 0 radical (unpaired) electrons. The molecular weight excluding hydrogens is 198 g/mol. The zero-order valence-electron chi connectivity index (χ0n) is 10.7. The van der Waals surface area contributed by atoms with Crippen molar-refractivity contribution in [1.29, 1.82) is 0 Å². The highest BCUT2D eigenvalue weighted by Crippen LogP contribution is 2.28. The molecule has 1 aromatic rings. The first-order valence-electron chi connectivity index (χ1n) is 5.88. The zero-order chi connectivity index (χ0) is 12.2. The first-order chi connectivity index (χ1) is 7.43. The molecule has 0 aliphatic rings. The average Bonchev–Trinajstić information content (AvgIpc) is 2.20. The third kappa shape index (κ3) is 4.23. The minimum atomic E-state index is 0.277. The molecule has 0 aliphatic carbocycles. The molecule has 1 rings (SSSR count). The van der Waals surface area contributed by atoms with Gasteiger partial charge in [-0.25, -0.2) is 0 Å². The Kier molecular flexibility index (Phi) is 4.36. The molecule has 0 aromatic heterocycles. The predicted octanol–water partition coefficient (Wildman–Crippen LogP) is 2.96. The second-order valence-corrected chi connectivity index (χ2v) is 5.40. The fraction of sp³-hybridized carbons (Fsp3) is 0.571. The monoisotopic (exact) mass is 221 g/mol. The Bertz CT molecular complexity index is 316. The minimum Gasteiger partial charge on any atom is -0.508 e. The highest BCUT2D eigenvalue weighted by molar-refractivity contribution is 5.26. The van der Waals surface area contributed by atoms with Crippen molar-refractivity contribution >= 4 is 0 Å². The van der Waals surface area contributed by atoms with Crippen LogP contribution in [0.15, 0.2) is 24.3 Å². The first kappa shape index (κ1) is 13.0. The van der Waals surface area contributed by atoms with Crippen molar-refractivity contribution in [3.05, 3.63) is 29.8 Å². The second kappa shape index (κ2) is 5.35. The summed E-state index contributed by atoms with van der Waals surface area (Å²) in [6.07, 6.45) is 2.18. The van der Waals surface area contributed by atoms with Crippen LogP contribution in [0.4, 0.5) is 0 Å². The molecule has 0 fully saturated rings. The molecule has 1 atom stereocenters. The van der Waals surface area contributed by atoms with Gasteiger partial charge in [0.25, 0.3) is 0 Å². The summed E-state index contributed by atoms with van der Waals surface area (Å²) in [6.45, 7) is 6.78. The van der Waals surface area contributed by atoms with Crippen molar-refractivity contribution in [1.82, 2.24) is 5.32 Å². The van der Waals surface area contributed by atoms with Crippen LogP contribution in [-0.2, 0) is 6.42 Å². The summed E-state index contributed by atoms with van der Waals surface area (Å²) in [5.74, 6) is 0.338. The minimum absolute atomic E-state index is 0.277. The van der Waals surface area contributed by atoms with E-state index in [1.165, 1.54) is 5.56 Å². The highest BCUT2D eigenvalue weighted by atomic mass is 16.3. The summed E-state index contributed by atoms with van der Waals surface area (Å²) >= 11 is 0.